The molecular formula is C24H28ClN3O6. The van der Waals surface area contributed by atoms with Crippen LogP contribution in [0.15, 0.2) is 48.7 Å². The molecule has 0 aliphatic carbocycles. The average molecular weight is 490 g/mol. The molecule has 9 nitrogen and oxygen atoms in total. The molecule has 4 N–H and O–H groups in total. The molecule has 2 heterocycles. The van der Waals surface area contributed by atoms with Crippen molar-refractivity contribution in [3.05, 3.63) is 76.1 Å². The second-order valence-corrected chi connectivity index (χ2v) is 8.67. The van der Waals surface area contributed by atoms with Gasteiger partial charge in [-0.15, -0.1) is 5.10 Å². The van der Waals surface area contributed by atoms with Gasteiger partial charge in [-0.25, -0.2) is 4.68 Å². The summed E-state index contributed by atoms with van der Waals surface area (Å²) in [5.74, 6) is 0.793. The summed E-state index contributed by atoms with van der Waals surface area (Å²) in [4.78, 5) is 0. The van der Waals surface area contributed by atoms with E-state index in [4.69, 9.17) is 21.1 Å². The van der Waals surface area contributed by atoms with E-state index in [0.717, 1.165) is 16.9 Å². The first kappa shape index (κ1) is 24.6. The van der Waals surface area contributed by atoms with Gasteiger partial charge < -0.3 is 29.9 Å². The summed E-state index contributed by atoms with van der Waals surface area (Å²) in [5, 5.41) is 49.1. The van der Waals surface area contributed by atoms with E-state index in [1.165, 1.54) is 10.9 Å². The van der Waals surface area contributed by atoms with Gasteiger partial charge in [-0.2, -0.15) is 0 Å². The lowest BCUT2D eigenvalue weighted by atomic mass is 9.90. The van der Waals surface area contributed by atoms with Crippen molar-refractivity contribution in [2.45, 2.75) is 57.0 Å². The zero-order valence-corrected chi connectivity index (χ0v) is 19.4. The highest BCUT2D eigenvalue weighted by Gasteiger charge is 2.44. The normalized spacial score (nSPS) is 24.8. The summed E-state index contributed by atoms with van der Waals surface area (Å²) >= 11 is 6.45. The molecule has 4 rings (SSSR count). The number of aromatic nitrogens is 3. The van der Waals surface area contributed by atoms with Crippen LogP contribution in [0.5, 0.6) is 5.75 Å². The van der Waals surface area contributed by atoms with Crippen molar-refractivity contribution in [3.8, 4) is 5.75 Å². The molecule has 0 radical (unpaired) electrons. The molecule has 34 heavy (non-hydrogen) atoms. The standard InChI is InChI=1S/C24H28ClN3O6/c1-2-33-18-6-3-14(4-7-18)9-16-10-15(5-8-19(16)25)24-23(32)22(31)21(30)20(34-24)12-28-11-17(13-29)26-27-28/h3-8,10-11,20-24,29-32H,2,9,12-13H2,1H3/t20-,21-,22+,23-,24+/m1/s1. The largest absolute Gasteiger partial charge is 0.494 e. The molecule has 0 spiro atoms. The highest BCUT2D eigenvalue weighted by Crippen LogP contribution is 2.35. The third-order valence-corrected chi connectivity index (χ3v) is 6.22. The summed E-state index contributed by atoms with van der Waals surface area (Å²) in [5.41, 5.74) is 2.87. The summed E-state index contributed by atoms with van der Waals surface area (Å²) in [6, 6.07) is 13.0. The first-order chi connectivity index (χ1) is 16.4. The first-order valence-electron chi connectivity index (χ1n) is 11.1. The molecule has 1 aromatic heterocycles. The number of rotatable bonds is 8. The van der Waals surface area contributed by atoms with Crippen molar-refractivity contribution >= 4 is 11.6 Å². The average Bonchev–Trinajstić information content (AvgIpc) is 3.30. The van der Waals surface area contributed by atoms with Crippen molar-refractivity contribution in [2.75, 3.05) is 6.61 Å². The maximum absolute atomic E-state index is 10.7. The number of nitrogens with zero attached hydrogens (tertiary/aromatic N) is 3. The maximum atomic E-state index is 10.7. The van der Waals surface area contributed by atoms with Crippen LogP contribution in [-0.2, 0) is 24.3 Å². The zero-order chi connectivity index (χ0) is 24.2. The number of aliphatic hydroxyl groups is 4. The van der Waals surface area contributed by atoms with Crippen LogP contribution in [0.2, 0.25) is 5.02 Å². The minimum Gasteiger partial charge on any atom is -0.494 e. The predicted octanol–water partition coefficient (Wildman–Crippen LogP) is 1.64. The summed E-state index contributed by atoms with van der Waals surface area (Å²) in [7, 11) is 0. The van der Waals surface area contributed by atoms with Gasteiger partial charge in [-0.3, -0.25) is 0 Å². The number of hydrogen-bond acceptors (Lipinski definition) is 8. The molecule has 0 saturated carbocycles. The second kappa shape index (κ2) is 10.8. The molecule has 182 valence electrons. The number of halogens is 1. The number of ether oxygens (including phenoxy) is 2. The van der Waals surface area contributed by atoms with E-state index in [2.05, 4.69) is 10.3 Å². The lowest BCUT2D eigenvalue weighted by Crippen LogP contribution is -2.55. The third-order valence-electron chi connectivity index (χ3n) is 5.85. The van der Waals surface area contributed by atoms with Crippen LogP contribution in [-0.4, -0.2) is 66.4 Å². The second-order valence-electron chi connectivity index (χ2n) is 8.26. The summed E-state index contributed by atoms with van der Waals surface area (Å²) in [6.07, 6.45) is -3.76. The number of hydrogen-bond donors (Lipinski definition) is 4. The molecule has 10 heteroatoms. The lowest BCUT2D eigenvalue weighted by Gasteiger charge is -2.41. The van der Waals surface area contributed by atoms with Crippen LogP contribution >= 0.6 is 11.6 Å². The summed E-state index contributed by atoms with van der Waals surface area (Å²) in [6.45, 7) is 2.35. The summed E-state index contributed by atoms with van der Waals surface area (Å²) < 4.78 is 12.9. The lowest BCUT2D eigenvalue weighted by molar-refractivity contribution is -0.228. The van der Waals surface area contributed by atoms with E-state index < -0.39 is 30.5 Å². The molecule has 1 aliphatic heterocycles. The fraction of sp³-hybridized carbons (Fsp3) is 0.417. The van der Waals surface area contributed by atoms with Gasteiger partial charge in [0.15, 0.2) is 0 Å². The van der Waals surface area contributed by atoms with Crippen LogP contribution in [0.4, 0.5) is 0 Å². The monoisotopic (exact) mass is 489 g/mol. The molecule has 0 amide bonds. The van der Waals surface area contributed by atoms with Crippen LogP contribution in [0, 0.1) is 0 Å². The Labute approximate surface area is 202 Å². The Balaban J connectivity index is 1.54. The Morgan fingerprint density at radius 2 is 1.82 bits per heavy atom. The van der Waals surface area contributed by atoms with E-state index in [9.17, 15) is 20.4 Å². The molecule has 1 fully saturated rings. The Morgan fingerprint density at radius 1 is 1.06 bits per heavy atom. The van der Waals surface area contributed by atoms with Crippen LogP contribution in [0.3, 0.4) is 0 Å². The Hall–Kier alpha value is -2.53. The smallest absolute Gasteiger partial charge is 0.119 e. The molecule has 1 saturated heterocycles. The topological polar surface area (TPSA) is 130 Å². The van der Waals surface area contributed by atoms with Gasteiger partial charge in [0.1, 0.15) is 42.0 Å². The van der Waals surface area contributed by atoms with E-state index >= 15 is 0 Å². The van der Waals surface area contributed by atoms with E-state index in [1.807, 2.05) is 37.3 Å². The molecular weight excluding hydrogens is 462 g/mol. The van der Waals surface area contributed by atoms with Gasteiger partial charge in [-0.1, -0.05) is 41.1 Å². The van der Waals surface area contributed by atoms with E-state index in [-0.39, 0.29) is 13.2 Å². The minimum absolute atomic E-state index is 0.0844. The van der Waals surface area contributed by atoms with Gasteiger partial charge in [0, 0.05) is 5.02 Å². The molecule has 1 aliphatic rings. The Bertz CT molecular complexity index is 1090. The highest BCUT2D eigenvalue weighted by molar-refractivity contribution is 6.31. The molecule has 5 atom stereocenters. The van der Waals surface area contributed by atoms with Gasteiger partial charge in [0.2, 0.25) is 0 Å². The minimum atomic E-state index is -1.42. The van der Waals surface area contributed by atoms with Crippen LogP contribution in [0.1, 0.15) is 35.4 Å². The van der Waals surface area contributed by atoms with E-state index in [0.29, 0.717) is 29.3 Å². The fourth-order valence-electron chi connectivity index (χ4n) is 4.06. The van der Waals surface area contributed by atoms with Crippen LogP contribution in [0.25, 0.3) is 0 Å². The number of aliphatic hydroxyl groups excluding tert-OH is 4. The zero-order valence-electron chi connectivity index (χ0n) is 18.7. The SMILES string of the molecule is CCOc1ccc(Cc2cc([C@@H]3O[C@H](Cn4cc(CO)nn4)[C@@H](O)[C@H](O)[C@H]3O)ccc2Cl)cc1. The predicted molar refractivity (Wildman–Crippen MR) is 123 cm³/mol. The molecule has 0 unspecified atom stereocenters. The Kier molecular flexibility index (Phi) is 7.82. The Morgan fingerprint density at radius 3 is 2.50 bits per heavy atom. The van der Waals surface area contributed by atoms with Gasteiger partial charge in [0.05, 0.1) is 26.0 Å². The fourth-order valence-corrected chi connectivity index (χ4v) is 4.24. The molecule has 0 bridgehead atoms. The van der Waals surface area contributed by atoms with Gasteiger partial charge in [-0.05, 0) is 48.2 Å². The van der Waals surface area contributed by atoms with E-state index in [1.54, 1.807) is 12.1 Å². The van der Waals surface area contributed by atoms with Gasteiger partial charge in [0.25, 0.3) is 0 Å². The first-order valence-corrected chi connectivity index (χ1v) is 11.5. The van der Waals surface area contributed by atoms with Crippen molar-refractivity contribution in [2.24, 2.45) is 0 Å². The molecule has 2 aromatic carbocycles. The van der Waals surface area contributed by atoms with Crippen molar-refractivity contribution < 1.29 is 29.9 Å². The molecule has 3 aromatic rings. The quantitative estimate of drug-likeness (QED) is 0.375. The van der Waals surface area contributed by atoms with Crippen molar-refractivity contribution in [1.29, 1.82) is 0 Å². The third kappa shape index (κ3) is 5.41. The van der Waals surface area contributed by atoms with Crippen molar-refractivity contribution in [3.63, 3.8) is 0 Å². The highest BCUT2D eigenvalue weighted by atomic mass is 35.5. The maximum Gasteiger partial charge on any atom is 0.119 e. The van der Waals surface area contributed by atoms with Crippen molar-refractivity contribution in [1.82, 2.24) is 15.0 Å². The number of benzene rings is 2. The van der Waals surface area contributed by atoms with Crippen LogP contribution < -0.4 is 4.74 Å². The van der Waals surface area contributed by atoms with Gasteiger partial charge >= 0.3 is 0 Å².